The molecule has 7 nitrogen and oxygen atoms in total. The van der Waals surface area contributed by atoms with Crippen molar-refractivity contribution in [1.29, 1.82) is 0 Å². The number of ether oxygens (including phenoxy) is 2. The van der Waals surface area contributed by atoms with Gasteiger partial charge in [-0.15, -0.1) is 0 Å². The lowest BCUT2D eigenvalue weighted by Crippen LogP contribution is -2.40. The number of hydrogen-bond acceptors (Lipinski definition) is 4. The highest BCUT2D eigenvalue weighted by Gasteiger charge is 2.18. The number of nitrogens with one attached hydrogen (secondary N) is 2. The lowest BCUT2D eigenvalue weighted by Gasteiger charge is -2.26. The third-order valence-corrected chi connectivity index (χ3v) is 3.82. The van der Waals surface area contributed by atoms with Crippen molar-refractivity contribution in [1.82, 2.24) is 10.2 Å². The van der Waals surface area contributed by atoms with Crippen molar-refractivity contribution in [2.75, 3.05) is 45.3 Å². The van der Waals surface area contributed by atoms with Crippen molar-refractivity contribution < 1.29 is 19.1 Å². The van der Waals surface area contributed by atoms with Gasteiger partial charge in [0.15, 0.2) is 0 Å². The standard InChI is InChI=1S/C17H25N3O4/c1-13(7-10-23-2)18-17(22)19-15-5-3-14(4-6-15)16(21)20-8-11-24-12-9-20/h3-6,13H,7-12H2,1-2H3,(H2,18,19,22). The van der Waals surface area contributed by atoms with Gasteiger partial charge in [0.05, 0.1) is 13.2 Å². The van der Waals surface area contributed by atoms with E-state index >= 15 is 0 Å². The largest absolute Gasteiger partial charge is 0.385 e. The summed E-state index contributed by atoms with van der Waals surface area (Å²) < 4.78 is 10.2. The number of amides is 3. The molecule has 0 bridgehead atoms. The number of rotatable bonds is 6. The van der Waals surface area contributed by atoms with Crippen LogP contribution in [-0.4, -0.2) is 62.9 Å². The van der Waals surface area contributed by atoms with E-state index in [9.17, 15) is 9.59 Å². The lowest BCUT2D eigenvalue weighted by molar-refractivity contribution is 0.0303. The van der Waals surface area contributed by atoms with Crippen molar-refractivity contribution in [2.45, 2.75) is 19.4 Å². The molecule has 7 heteroatoms. The fourth-order valence-corrected chi connectivity index (χ4v) is 2.40. The molecule has 1 fully saturated rings. The Bertz CT molecular complexity index is 541. The quantitative estimate of drug-likeness (QED) is 0.829. The third kappa shape index (κ3) is 5.50. The number of morpholine rings is 1. The Morgan fingerprint density at radius 3 is 2.54 bits per heavy atom. The van der Waals surface area contributed by atoms with E-state index in [1.807, 2.05) is 6.92 Å². The predicted octanol–water partition coefficient (Wildman–Crippen LogP) is 1.71. The fourth-order valence-electron chi connectivity index (χ4n) is 2.40. The molecule has 1 aromatic carbocycles. The topological polar surface area (TPSA) is 79.9 Å². The van der Waals surface area contributed by atoms with Gasteiger partial charge in [0.2, 0.25) is 0 Å². The number of anilines is 1. The molecule has 1 heterocycles. The molecular formula is C17H25N3O4. The minimum absolute atomic E-state index is 0.0116. The van der Waals surface area contributed by atoms with Gasteiger partial charge in [0.25, 0.3) is 5.91 Å². The number of urea groups is 1. The van der Waals surface area contributed by atoms with E-state index in [2.05, 4.69) is 10.6 Å². The summed E-state index contributed by atoms with van der Waals surface area (Å²) >= 11 is 0. The minimum Gasteiger partial charge on any atom is -0.385 e. The van der Waals surface area contributed by atoms with Crippen molar-refractivity contribution in [2.24, 2.45) is 0 Å². The molecule has 24 heavy (non-hydrogen) atoms. The number of carbonyl (C=O) groups is 2. The van der Waals surface area contributed by atoms with Crippen LogP contribution in [0, 0.1) is 0 Å². The summed E-state index contributed by atoms with van der Waals surface area (Å²) in [4.78, 5) is 26.0. The predicted molar refractivity (Wildman–Crippen MR) is 91.3 cm³/mol. The highest BCUT2D eigenvalue weighted by molar-refractivity contribution is 5.95. The van der Waals surface area contributed by atoms with Gasteiger partial charge >= 0.3 is 6.03 Å². The molecule has 0 saturated carbocycles. The summed E-state index contributed by atoms with van der Waals surface area (Å²) in [7, 11) is 1.63. The molecule has 2 N–H and O–H groups in total. The van der Waals surface area contributed by atoms with Gasteiger partial charge in [-0.25, -0.2) is 4.79 Å². The molecular weight excluding hydrogens is 310 g/mol. The van der Waals surface area contributed by atoms with Crippen LogP contribution in [0.25, 0.3) is 0 Å². The Balaban J connectivity index is 1.85. The maximum atomic E-state index is 12.3. The second-order valence-electron chi connectivity index (χ2n) is 5.76. The lowest BCUT2D eigenvalue weighted by atomic mass is 10.1. The zero-order chi connectivity index (χ0) is 17.4. The van der Waals surface area contributed by atoms with E-state index in [-0.39, 0.29) is 18.0 Å². The van der Waals surface area contributed by atoms with Crippen LogP contribution < -0.4 is 10.6 Å². The highest BCUT2D eigenvalue weighted by atomic mass is 16.5. The molecule has 0 aliphatic carbocycles. The van der Waals surface area contributed by atoms with Crippen LogP contribution in [0.1, 0.15) is 23.7 Å². The summed E-state index contributed by atoms with van der Waals surface area (Å²) in [5.41, 5.74) is 1.25. The molecule has 1 atom stereocenters. The van der Waals surface area contributed by atoms with Gasteiger partial charge in [-0.05, 0) is 37.6 Å². The zero-order valence-corrected chi connectivity index (χ0v) is 14.2. The van der Waals surface area contributed by atoms with E-state index in [0.29, 0.717) is 44.2 Å². The van der Waals surface area contributed by atoms with Crippen LogP contribution in [0.15, 0.2) is 24.3 Å². The number of hydrogen-bond donors (Lipinski definition) is 2. The molecule has 0 radical (unpaired) electrons. The fraction of sp³-hybridized carbons (Fsp3) is 0.529. The van der Waals surface area contributed by atoms with Crippen LogP contribution in [0.5, 0.6) is 0 Å². The summed E-state index contributed by atoms with van der Waals surface area (Å²) in [5.74, 6) is -0.0116. The minimum atomic E-state index is -0.272. The van der Waals surface area contributed by atoms with E-state index < -0.39 is 0 Å². The highest BCUT2D eigenvalue weighted by Crippen LogP contribution is 2.12. The van der Waals surface area contributed by atoms with Crippen LogP contribution in [0.4, 0.5) is 10.5 Å². The Hall–Kier alpha value is -2.12. The Labute approximate surface area is 142 Å². The third-order valence-electron chi connectivity index (χ3n) is 3.82. The van der Waals surface area contributed by atoms with Gasteiger partial charge in [0.1, 0.15) is 0 Å². The molecule has 1 aliphatic heterocycles. The van der Waals surface area contributed by atoms with Crippen molar-refractivity contribution in [3.8, 4) is 0 Å². The Morgan fingerprint density at radius 1 is 1.25 bits per heavy atom. The molecule has 0 spiro atoms. The summed E-state index contributed by atoms with van der Waals surface area (Å²) in [6, 6.07) is 6.65. The molecule has 1 aliphatic rings. The second-order valence-corrected chi connectivity index (χ2v) is 5.76. The average Bonchev–Trinajstić information content (AvgIpc) is 2.60. The van der Waals surface area contributed by atoms with Gasteiger partial charge in [-0.2, -0.15) is 0 Å². The first-order valence-electron chi connectivity index (χ1n) is 8.13. The first-order chi connectivity index (χ1) is 11.6. The van der Waals surface area contributed by atoms with E-state index in [4.69, 9.17) is 9.47 Å². The van der Waals surface area contributed by atoms with Crippen LogP contribution >= 0.6 is 0 Å². The summed E-state index contributed by atoms with van der Waals surface area (Å²) in [6.45, 7) is 4.89. The Kier molecular flexibility index (Phi) is 7.02. The van der Waals surface area contributed by atoms with E-state index in [0.717, 1.165) is 6.42 Å². The second kappa shape index (κ2) is 9.24. The smallest absolute Gasteiger partial charge is 0.319 e. The maximum Gasteiger partial charge on any atom is 0.319 e. The number of benzene rings is 1. The molecule has 2 rings (SSSR count). The first-order valence-corrected chi connectivity index (χ1v) is 8.13. The molecule has 0 aromatic heterocycles. The van der Waals surface area contributed by atoms with E-state index in [1.165, 1.54) is 0 Å². The van der Waals surface area contributed by atoms with Crippen LogP contribution in [-0.2, 0) is 9.47 Å². The monoisotopic (exact) mass is 335 g/mol. The molecule has 1 saturated heterocycles. The molecule has 1 aromatic rings. The normalized spacial score (nSPS) is 15.7. The summed E-state index contributed by atoms with van der Waals surface area (Å²) in [5, 5.41) is 5.59. The average molecular weight is 335 g/mol. The van der Waals surface area contributed by atoms with Crippen LogP contribution in [0.2, 0.25) is 0 Å². The van der Waals surface area contributed by atoms with Gasteiger partial charge in [0, 0.05) is 44.1 Å². The van der Waals surface area contributed by atoms with Crippen molar-refractivity contribution in [3.63, 3.8) is 0 Å². The molecule has 132 valence electrons. The number of nitrogens with zero attached hydrogens (tertiary/aromatic N) is 1. The van der Waals surface area contributed by atoms with Gasteiger partial charge in [-0.3, -0.25) is 4.79 Å². The van der Waals surface area contributed by atoms with Gasteiger partial charge in [-0.1, -0.05) is 0 Å². The van der Waals surface area contributed by atoms with Crippen LogP contribution in [0.3, 0.4) is 0 Å². The number of methoxy groups -OCH3 is 1. The van der Waals surface area contributed by atoms with Crippen molar-refractivity contribution >= 4 is 17.6 Å². The SMILES string of the molecule is COCCC(C)NC(=O)Nc1ccc(C(=O)N2CCOCC2)cc1. The van der Waals surface area contributed by atoms with Gasteiger partial charge < -0.3 is 25.0 Å². The first kappa shape index (κ1) is 18.2. The van der Waals surface area contributed by atoms with E-state index in [1.54, 1.807) is 36.3 Å². The zero-order valence-electron chi connectivity index (χ0n) is 14.2. The molecule has 1 unspecified atom stereocenters. The maximum absolute atomic E-state index is 12.3. The molecule has 3 amide bonds. The summed E-state index contributed by atoms with van der Waals surface area (Å²) in [6.07, 6.45) is 0.747. The number of carbonyl (C=O) groups excluding carboxylic acids is 2. The van der Waals surface area contributed by atoms with Crippen molar-refractivity contribution in [3.05, 3.63) is 29.8 Å². The Morgan fingerprint density at radius 2 is 1.92 bits per heavy atom.